The van der Waals surface area contributed by atoms with Crippen molar-refractivity contribution in [3.05, 3.63) is 23.8 Å². The molecule has 1 N–H and O–H groups in total. The van der Waals surface area contributed by atoms with E-state index in [2.05, 4.69) is 5.32 Å². The third-order valence-corrected chi connectivity index (χ3v) is 5.17. The average Bonchev–Trinajstić information content (AvgIpc) is 3.43. The number of carbonyl (C=O) groups excluding carboxylic acids is 4. The summed E-state index contributed by atoms with van der Waals surface area (Å²) in [5, 5.41) is 2.79. The number of carbonyl (C=O) groups is 4. The molecule has 1 heterocycles. The molecule has 1 aromatic rings. The van der Waals surface area contributed by atoms with Crippen molar-refractivity contribution in [2.24, 2.45) is 5.92 Å². The summed E-state index contributed by atoms with van der Waals surface area (Å²) in [4.78, 5) is 51.5. The zero-order chi connectivity index (χ0) is 21.8. The minimum Gasteiger partial charge on any atom is -0.495 e. The first-order chi connectivity index (χ1) is 14.3. The molecule has 0 radical (unpaired) electrons. The van der Waals surface area contributed by atoms with Crippen LogP contribution in [-0.4, -0.2) is 68.5 Å². The molecule has 0 spiro atoms. The van der Waals surface area contributed by atoms with Crippen LogP contribution in [0.1, 0.15) is 24.8 Å². The molecule has 9 nitrogen and oxygen atoms in total. The molecule has 3 rings (SSSR count). The summed E-state index contributed by atoms with van der Waals surface area (Å²) in [5.41, 5.74) is 1.57. The summed E-state index contributed by atoms with van der Waals surface area (Å²) in [6.45, 7) is 1.51. The van der Waals surface area contributed by atoms with Crippen molar-refractivity contribution >= 4 is 29.4 Å². The number of hydrogen-bond acceptors (Lipinski definition) is 6. The smallest absolute Gasteiger partial charge is 0.311 e. The summed E-state index contributed by atoms with van der Waals surface area (Å²) in [5.74, 6) is -1.65. The van der Waals surface area contributed by atoms with Crippen molar-refractivity contribution in [2.75, 3.05) is 38.8 Å². The SMILES string of the molecule is COc1ccc(C)cc1N1C[C@@H](C(=O)OCC(=O)N(C)CC(=O)NC2CC2)CC1=O. The van der Waals surface area contributed by atoms with Crippen molar-refractivity contribution in [1.29, 1.82) is 0 Å². The van der Waals surface area contributed by atoms with E-state index in [1.54, 1.807) is 6.07 Å². The van der Waals surface area contributed by atoms with Crippen LogP contribution in [0.25, 0.3) is 0 Å². The van der Waals surface area contributed by atoms with Gasteiger partial charge in [-0.05, 0) is 37.5 Å². The Labute approximate surface area is 175 Å². The average molecular weight is 417 g/mol. The Bertz CT molecular complexity index is 851. The summed E-state index contributed by atoms with van der Waals surface area (Å²) >= 11 is 0. The number of ether oxygens (including phenoxy) is 2. The van der Waals surface area contributed by atoms with Gasteiger partial charge in [0.25, 0.3) is 5.91 Å². The number of likely N-dealkylation sites (N-methyl/N-ethyl adjacent to an activating group) is 1. The molecule has 1 aliphatic carbocycles. The molecule has 0 unspecified atom stereocenters. The van der Waals surface area contributed by atoms with Gasteiger partial charge in [0.2, 0.25) is 11.8 Å². The van der Waals surface area contributed by atoms with Crippen LogP contribution < -0.4 is 15.0 Å². The van der Waals surface area contributed by atoms with Crippen LogP contribution in [0, 0.1) is 12.8 Å². The number of rotatable bonds is 8. The molecule has 1 atom stereocenters. The van der Waals surface area contributed by atoms with Gasteiger partial charge in [0.15, 0.2) is 6.61 Å². The largest absolute Gasteiger partial charge is 0.495 e. The minimum atomic E-state index is -0.668. The van der Waals surface area contributed by atoms with E-state index < -0.39 is 24.4 Å². The Kier molecular flexibility index (Phi) is 6.59. The number of anilines is 1. The molecule has 1 saturated heterocycles. The monoisotopic (exact) mass is 417 g/mol. The molecule has 30 heavy (non-hydrogen) atoms. The fraction of sp³-hybridized carbons (Fsp3) is 0.524. The third kappa shape index (κ3) is 5.28. The Balaban J connectivity index is 1.51. The number of amides is 3. The van der Waals surface area contributed by atoms with Crippen molar-refractivity contribution in [3.63, 3.8) is 0 Å². The quantitative estimate of drug-likeness (QED) is 0.623. The van der Waals surface area contributed by atoms with Gasteiger partial charge < -0.3 is 24.6 Å². The van der Waals surface area contributed by atoms with E-state index >= 15 is 0 Å². The Hall–Kier alpha value is -3.10. The maximum absolute atomic E-state index is 12.5. The Morgan fingerprint density at radius 2 is 2.00 bits per heavy atom. The van der Waals surface area contributed by atoms with Crippen molar-refractivity contribution in [3.8, 4) is 5.75 Å². The lowest BCUT2D eigenvalue weighted by atomic mass is 10.1. The zero-order valence-corrected chi connectivity index (χ0v) is 17.5. The number of benzene rings is 1. The van der Waals surface area contributed by atoms with Gasteiger partial charge in [0.1, 0.15) is 5.75 Å². The maximum atomic E-state index is 12.5. The normalized spacial score (nSPS) is 18.2. The predicted octanol–water partition coefficient (Wildman–Crippen LogP) is 0.637. The highest BCUT2D eigenvalue weighted by atomic mass is 16.5. The fourth-order valence-corrected chi connectivity index (χ4v) is 3.27. The van der Waals surface area contributed by atoms with Gasteiger partial charge in [-0.25, -0.2) is 0 Å². The summed E-state index contributed by atoms with van der Waals surface area (Å²) in [6.07, 6.45) is 1.93. The summed E-state index contributed by atoms with van der Waals surface area (Å²) < 4.78 is 10.5. The lowest BCUT2D eigenvalue weighted by molar-refractivity contribution is -0.155. The number of aryl methyl sites for hydroxylation is 1. The molecule has 162 valence electrons. The Morgan fingerprint density at radius 3 is 2.67 bits per heavy atom. The highest BCUT2D eigenvalue weighted by Crippen LogP contribution is 2.34. The molecule has 1 aliphatic heterocycles. The lowest BCUT2D eigenvalue weighted by Gasteiger charge is -2.20. The van der Waals surface area contributed by atoms with Crippen LogP contribution >= 0.6 is 0 Å². The lowest BCUT2D eigenvalue weighted by Crippen LogP contribution is -2.41. The number of nitrogens with one attached hydrogen (secondary N) is 1. The zero-order valence-electron chi connectivity index (χ0n) is 17.5. The topological polar surface area (TPSA) is 105 Å². The van der Waals surface area contributed by atoms with Crippen LogP contribution in [0.4, 0.5) is 5.69 Å². The second-order valence-electron chi connectivity index (χ2n) is 7.78. The first-order valence-electron chi connectivity index (χ1n) is 9.93. The molecule has 0 aromatic heterocycles. The van der Waals surface area contributed by atoms with Gasteiger partial charge >= 0.3 is 5.97 Å². The van der Waals surface area contributed by atoms with Gasteiger partial charge in [-0.3, -0.25) is 19.2 Å². The summed E-state index contributed by atoms with van der Waals surface area (Å²) in [7, 11) is 3.00. The van der Waals surface area contributed by atoms with E-state index in [4.69, 9.17) is 9.47 Å². The second-order valence-corrected chi connectivity index (χ2v) is 7.78. The van der Waals surface area contributed by atoms with E-state index in [9.17, 15) is 19.2 Å². The number of hydrogen-bond donors (Lipinski definition) is 1. The van der Waals surface area contributed by atoms with Crippen LogP contribution in [0.3, 0.4) is 0 Å². The van der Waals surface area contributed by atoms with E-state index in [-0.39, 0.29) is 37.4 Å². The second kappa shape index (κ2) is 9.15. The first-order valence-corrected chi connectivity index (χ1v) is 9.93. The molecule has 2 aliphatic rings. The number of nitrogens with zero attached hydrogens (tertiary/aromatic N) is 2. The van der Waals surface area contributed by atoms with E-state index in [1.807, 2.05) is 19.1 Å². The molecule has 9 heteroatoms. The van der Waals surface area contributed by atoms with Gasteiger partial charge in [-0.15, -0.1) is 0 Å². The molecular formula is C21H27N3O6. The fourth-order valence-electron chi connectivity index (χ4n) is 3.27. The number of esters is 1. The number of methoxy groups -OCH3 is 1. The van der Waals surface area contributed by atoms with E-state index in [0.29, 0.717) is 11.4 Å². The molecule has 1 saturated carbocycles. The first kappa shape index (κ1) is 21.6. The Morgan fingerprint density at radius 1 is 1.27 bits per heavy atom. The van der Waals surface area contributed by atoms with Crippen molar-refractivity contribution in [1.82, 2.24) is 10.2 Å². The van der Waals surface area contributed by atoms with Crippen molar-refractivity contribution in [2.45, 2.75) is 32.2 Å². The van der Waals surface area contributed by atoms with E-state index in [1.165, 1.54) is 24.0 Å². The minimum absolute atomic E-state index is 0.00372. The van der Waals surface area contributed by atoms with Crippen molar-refractivity contribution < 1.29 is 28.7 Å². The van der Waals surface area contributed by atoms with Gasteiger partial charge in [-0.1, -0.05) is 6.07 Å². The molecule has 0 bridgehead atoms. The molecular weight excluding hydrogens is 390 g/mol. The highest BCUT2D eigenvalue weighted by molar-refractivity contribution is 6.00. The predicted molar refractivity (Wildman–Crippen MR) is 108 cm³/mol. The van der Waals surface area contributed by atoms with Crippen LogP contribution in [0.5, 0.6) is 5.75 Å². The van der Waals surface area contributed by atoms with Gasteiger partial charge in [-0.2, -0.15) is 0 Å². The van der Waals surface area contributed by atoms with Crippen LogP contribution in [0.15, 0.2) is 18.2 Å². The molecule has 2 fully saturated rings. The van der Waals surface area contributed by atoms with Gasteiger partial charge in [0, 0.05) is 26.1 Å². The molecule has 1 aromatic carbocycles. The van der Waals surface area contributed by atoms with E-state index in [0.717, 1.165) is 18.4 Å². The third-order valence-electron chi connectivity index (χ3n) is 5.17. The van der Waals surface area contributed by atoms with Crippen LogP contribution in [-0.2, 0) is 23.9 Å². The summed E-state index contributed by atoms with van der Waals surface area (Å²) in [6, 6.07) is 5.70. The highest BCUT2D eigenvalue weighted by Gasteiger charge is 2.37. The molecule has 3 amide bonds. The maximum Gasteiger partial charge on any atom is 0.311 e. The van der Waals surface area contributed by atoms with Crippen LogP contribution in [0.2, 0.25) is 0 Å². The van der Waals surface area contributed by atoms with Gasteiger partial charge in [0.05, 0.1) is 25.3 Å². The standard InChI is InChI=1S/C21H27N3O6/c1-13-4-7-17(29-3)16(8-13)24-10-14(9-19(24)26)21(28)30-12-20(27)23(2)11-18(25)22-15-5-6-15/h4,7-8,14-15H,5-6,9-12H2,1-3H3,(H,22,25)/t14-/m0/s1.